The second kappa shape index (κ2) is 7.67. The van der Waals surface area contributed by atoms with Gasteiger partial charge in [0.1, 0.15) is 0 Å². The number of fused-ring (bicyclic) bond motifs is 2. The van der Waals surface area contributed by atoms with E-state index in [4.69, 9.17) is 4.98 Å². The summed E-state index contributed by atoms with van der Waals surface area (Å²) in [6.45, 7) is 11.0. The van der Waals surface area contributed by atoms with Gasteiger partial charge in [0.15, 0.2) is 5.65 Å². The van der Waals surface area contributed by atoms with Crippen LogP contribution < -0.4 is 0 Å². The molecular weight excluding hydrogens is 374 g/mol. The molecule has 0 aliphatic rings. The molecule has 0 unspecified atom stereocenters. The van der Waals surface area contributed by atoms with E-state index in [2.05, 4.69) is 64.7 Å². The summed E-state index contributed by atoms with van der Waals surface area (Å²) in [6, 6.07) is 10.2. The van der Waals surface area contributed by atoms with Crippen LogP contribution in [0.4, 0.5) is 0 Å². The first-order chi connectivity index (χ1) is 14.3. The first-order valence-electron chi connectivity index (χ1n) is 9.82. The molecule has 1 aromatic carbocycles. The largest absolute Gasteiger partial charge is 0.375 e. The second-order valence-corrected chi connectivity index (χ2v) is 8.25. The second-order valence-electron chi connectivity index (χ2n) is 8.25. The van der Waals surface area contributed by atoms with Crippen LogP contribution in [0.2, 0.25) is 0 Å². The Labute approximate surface area is 175 Å². The molecule has 4 rings (SSSR count). The van der Waals surface area contributed by atoms with Crippen molar-refractivity contribution in [3.8, 4) is 0 Å². The highest BCUT2D eigenvalue weighted by Crippen LogP contribution is 2.20. The van der Waals surface area contributed by atoms with Crippen molar-refractivity contribution >= 4 is 27.8 Å². The quantitative estimate of drug-likeness (QED) is 0.471. The van der Waals surface area contributed by atoms with Crippen LogP contribution in [0.25, 0.3) is 27.8 Å². The van der Waals surface area contributed by atoms with Crippen molar-refractivity contribution in [2.45, 2.75) is 32.9 Å². The van der Waals surface area contributed by atoms with Gasteiger partial charge < -0.3 is 4.90 Å². The maximum Gasteiger partial charge on any atom is 0.221 e. The van der Waals surface area contributed by atoms with E-state index in [1.165, 1.54) is 0 Å². The van der Waals surface area contributed by atoms with Gasteiger partial charge in [-0.2, -0.15) is 0 Å². The van der Waals surface area contributed by atoms with Gasteiger partial charge in [-0.25, -0.2) is 14.6 Å². The van der Waals surface area contributed by atoms with Crippen molar-refractivity contribution < 1.29 is 0 Å². The predicted molar refractivity (Wildman–Crippen MR) is 120 cm³/mol. The van der Waals surface area contributed by atoms with Gasteiger partial charge in [-0.05, 0) is 44.5 Å². The predicted octanol–water partition coefficient (Wildman–Crippen LogP) is 4.08. The fraction of sp³-hybridized carbons (Fsp3) is 0.261. The van der Waals surface area contributed by atoms with E-state index in [-0.39, 0.29) is 5.54 Å². The zero-order valence-corrected chi connectivity index (χ0v) is 17.7. The summed E-state index contributed by atoms with van der Waals surface area (Å²) in [5.41, 5.74) is 4.85. The minimum atomic E-state index is -0.0138. The topological polar surface area (TPSA) is 72.6 Å². The summed E-state index contributed by atoms with van der Waals surface area (Å²) in [4.78, 5) is 15.8. The number of aromatic nitrogens is 6. The molecular formula is C23H25N7. The van der Waals surface area contributed by atoms with Crippen LogP contribution in [0.15, 0.2) is 61.6 Å². The fourth-order valence-corrected chi connectivity index (χ4v) is 3.02. The fourth-order valence-electron chi connectivity index (χ4n) is 3.02. The van der Waals surface area contributed by atoms with Crippen molar-refractivity contribution in [2.24, 2.45) is 0 Å². The highest BCUT2D eigenvalue weighted by Gasteiger charge is 2.16. The number of allylic oxidation sites excluding steroid dienone is 2. The Morgan fingerprint density at radius 2 is 2.03 bits per heavy atom. The number of hydrogen-bond acceptors (Lipinski definition) is 6. The van der Waals surface area contributed by atoms with Crippen LogP contribution in [0.1, 0.15) is 32.0 Å². The third kappa shape index (κ3) is 3.91. The molecule has 0 fully saturated rings. The van der Waals surface area contributed by atoms with Crippen LogP contribution in [0.3, 0.4) is 0 Å². The average Bonchev–Trinajstić information content (AvgIpc) is 3.13. The van der Waals surface area contributed by atoms with Crippen molar-refractivity contribution in [3.63, 3.8) is 0 Å². The van der Waals surface area contributed by atoms with Gasteiger partial charge in [0.2, 0.25) is 5.65 Å². The highest BCUT2D eigenvalue weighted by molar-refractivity contribution is 5.79. The molecule has 7 heteroatoms. The lowest BCUT2D eigenvalue weighted by atomic mass is 10.1. The third-order valence-electron chi connectivity index (χ3n) is 5.13. The maximum atomic E-state index is 4.80. The average molecular weight is 400 g/mol. The van der Waals surface area contributed by atoms with E-state index in [0.717, 1.165) is 27.7 Å². The molecule has 0 aliphatic heterocycles. The molecule has 0 atom stereocenters. The summed E-state index contributed by atoms with van der Waals surface area (Å²) in [6.07, 6.45) is 7.34. The van der Waals surface area contributed by atoms with Gasteiger partial charge in [0.05, 0.1) is 24.0 Å². The molecule has 0 aliphatic carbocycles. The zero-order valence-electron chi connectivity index (χ0n) is 17.7. The van der Waals surface area contributed by atoms with Gasteiger partial charge in [0.25, 0.3) is 0 Å². The molecule has 0 saturated carbocycles. The molecule has 3 aromatic heterocycles. The lowest BCUT2D eigenvalue weighted by Gasteiger charge is -2.31. The third-order valence-corrected chi connectivity index (χ3v) is 5.13. The van der Waals surface area contributed by atoms with E-state index in [1.807, 2.05) is 31.4 Å². The van der Waals surface area contributed by atoms with E-state index >= 15 is 0 Å². The summed E-state index contributed by atoms with van der Waals surface area (Å²) < 4.78 is 1.78. The number of nitrogens with zero attached hydrogens (tertiary/aromatic N) is 7. The summed E-state index contributed by atoms with van der Waals surface area (Å²) in [7, 11) is 2.04. The number of pyridine rings is 1. The Morgan fingerprint density at radius 1 is 1.20 bits per heavy atom. The van der Waals surface area contributed by atoms with Gasteiger partial charge >= 0.3 is 0 Å². The van der Waals surface area contributed by atoms with Crippen LogP contribution in [0.5, 0.6) is 0 Å². The SMILES string of the molecule is C=C/C(=C\N(C)C(C)(C)C)c1cnc2nnn(Cc3ccc4ncccc4c3)c2n1. The summed E-state index contributed by atoms with van der Waals surface area (Å²) >= 11 is 0. The standard InChI is InChI=1S/C23H25N7/c1-6-17(15-29(5)23(2,3)4)20-13-25-21-22(26-20)30(28-27-21)14-16-9-10-19-18(12-16)8-7-11-24-19/h6-13,15H,1,14H2,2-5H3/b17-15+. The molecule has 0 N–H and O–H groups in total. The van der Waals surface area contributed by atoms with Crippen molar-refractivity contribution in [1.82, 2.24) is 34.8 Å². The molecule has 152 valence electrons. The molecule has 0 radical (unpaired) electrons. The normalized spacial score (nSPS) is 12.5. The minimum Gasteiger partial charge on any atom is -0.375 e. The lowest BCUT2D eigenvalue weighted by molar-refractivity contribution is 0.251. The van der Waals surface area contributed by atoms with Crippen LogP contribution in [-0.4, -0.2) is 47.4 Å². The summed E-state index contributed by atoms with van der Waals surface area (Å²) in [5, 5.41) is 9.53. The zero-order chi connectivity index (χ0) is 21.3. The Morgan fingerprint density at radius 3 is 2.80 bits per heavy atom. The maximum absolute atomic E-state index is 4.80. The Hall–Kier alpha value is -3.61. The first-order valence-corrected chi connectivity index (χ1v) is 9.82. The lowest BCUT2D eigenvalue weighted by Crippen LogP contribution is -2.33. The molecule has 0 bridgehead atoms. The smallest absolute Gasteiger partial charge is 0.221 e. The minimum absolute atomic E-state index is 0.0138. The Kier molecular flexibility index (Phi) is 5.03. The molecule has 0 spiro atoms. The molecule has 0 amide bonds. The van der Waals surface area contributed by atoms with E-state index in [0.29, 0.717) is 17.8 Å². The van der Waals surface area contributed by atoms with Crippen LogP contribution in [0, 0.1) is 0 Å². The molecule has 4 aromatic rings. The number of rotatable bonds is 5. The van der Waals surface area contributed by atoms with Crippen molar-refractivity contribution in [2.75, 3.05) is 7.05 Å². The van der Waals surface area contributed by atoms with Gasteiger partial charge in [-0.15, -0.1) is 5.10 Å². The van der Waals surface area contributed by atoms with Crippen LogP contribution >= 0.6 is 0 Å². The van der Waals surface area contributed by atoms with Gasteiger partial charge in [0, 0.05) is 35.9 Å². The number of hydrogen-bond donors (Lipinski definition) is 0. The van der Waals surface area contributed by atoms with Crippen molar-refractivity contribution in [3.05, 3.63) is 72.8 Å². The monoisotopic (exact) mass is 399 g/mol. The molecule has 0 saturated heterocycles. The van der Waals surface area contributed by atoms with E-state index in [1.54, 1.807) is 23.2 Å². The van der Waals surface area contributed by atoms with Crippen molar-refractivity contribution in [1.29, 1.82) is 0 Å². The van der Waals surface area contributed by atoms with Gasteiger partial charge in [-0.1, -0.05) is 30.0 Å². The summed E-state index contributed by atoms with van der Waals surface area (Å²) in [5.74, 6) is 0. The highest BCUT2D eigenvalue weighted by atomic mass is 15.4. The molecule has 7 nitrogen and oxygen atoms in total. The Bertz CT molecular complexity index is 1250. The molecule has 3 heterocycles. The first kappa shape index (κ1) is 19.7. The Balaban J connectivity index is 1.70. The van der Waals surface area contributed by atoms with E-state index < -0.39 is 0 Å². The van der Waals surface area contributed by atoms with Gasteiger partial charge in [-0.3, -0.25) is 4.98 Å². The number of benzene rings is 1. The van der Waals surface area contributed by atoms with E-state index in [9.17, 15) is 0 Å². The van der Waals surface area contributed by atoms with Crippen LogP contribution in [-0.2, 0) is 6.54 Å². The molecule has 30 heavy (non-hydrogen) atoms.